The molecule has 1 N–H and O–H groups in total. The van der Waals surface area contributed by atoms with Crippen molar-refractivity contribution in [1.29, 1.82) is 0 Å². The molecule has 0 spiro atoms. The number of fused-ring (bicyclic) bond motifs is 1. The van der Waals surface area contributed by atoms with Crippen molar-refractivity contribution in [3.8, 4) is 0 Å². The maximum Gasteiger partial charge on any atom is 0.225 e. The molecule has 2 aromatic carbocycles. The van der Waals surface area contributed by atoms with Crippen LogP contribution in [0.25, 0.3) is 6.08 Å². The molecule has 1 saturated heterocycles. The number of quaternary nitrogens is 1. The van der Waals surface area contributed by atoms with Crippen LogP contribution >= 0.6 is 0 Å². The third-order valence-corrected chi connectivity index (χ3v) is 5.96. The summed E-state index contributed by atoms with van der Waals surface area (Å²) in [5, 5.41) is 0. The highest BCUT2D eigenvalue weighted by Crippen LogP contribution is 2.33. The van der Waals surface area contributed by atoms with Crippen molar-refractivity contribution < 1.29 is 14.5 Å². The first kappa shape index (κ1) is 19.4. The molecule has 1 fully saturated rings. The normalized spacial score (nSPS) is 19.1. The summed E-state index contributed by atoms with van der Waals surface area (Å²) >= 11 is 0. The van der Waals surface area contributed by atoms with E-state index in [0.717, 1.165) is 43.9 Å². The zero-order chi connectivity index (χ0) is 20.2. The molecule has 5 nitrogen and oxygen atoms in total. The minimum absolute atomic E-state index is 0.0364. The lowest BCUT2D eigenvalue weighted by molar-refractivity contribution is -0.917. The van der Waals surface area contributed by atoms with Crippen LogP contribution in [-0.2, 0) is 16.1 Å². The van der Waals surface area contributed by atoms with Gasteiger partial charge in [0.2, 0.25) is 11.8 Å². The fraction of sp³-hybridized carbons (Fsp3) is 0.333. The molecular weight excluding hydrogens is 362 g/mol. The number of hydrogen-bond donors (Lipinski definition) is 1. The molecule has 2 amide bonds. The Morgan fingerprint density at radius 2 is 1.69 bits per heavy atom. The predicted molar refractivity (Wildman–Crippen MR) is 113 cm³/mol. The summed E-state index contributed by atoms with van der Waals surface area (Å²) in [6.45, 7) is 6.01. The molecule has 4 rings (SSSR count). The minimum atomic E-state index is -0.226. The van der Waals surface area contributed by atoms with Crippen LogP contribution in [0.4, 0.5) is 0 Å². The second-order valence-corrected chi connectivity index (χ2v) is 7.88. The first-order chi connectivity index (χ1) is 14.1. The number of amides is 2. The van der Waals surface area contributed by atoms with Gasteiger partial charge in [-0.2, -0.15) is 0 Å². The second-order valence-electron chi connectivity index (χ2n) is 7.88. The molecule has 0 aromatic heterocycles. The topological polar surface area (TPSA) is 45.1 Å². The SMILES string of the molecule is CC(=O)N1C=Cc2ccccc2[C@H]1CC(=O)N1CC[NH+](Cc2ccccc2)CC1. The Bertz CT molecular complexity index is 901. The van der Waals surface area contributed by atoms with Gasteiger partial charge in [0.05, 0.1) is 38.6 Å². The number of carbonyl (C=O) groups excluding carboxylic acids is 2. The highest BCUT2D eigenvalue weighted by Gasteiger charge is 2.31. The van der Waals surface area contributed by atoms with Crippen molar-refractivity contribution in [3.63, 3.8) is 0 Å². The summed E-state index contributed by atoms with van der Waals surface area (Å²) in [7, 11) is 0. The molecule has 150 valence electrons. The van der Waals surface area contributed by atoms with Crippen LogP contribution in [0.15, 0.2) is 60.8 Å². The summed E-state index contributed by atoms with van der Waals surface area (Å²) < 4.78 is 0. The van der Waals surface area contributed by atoms with Gasteiger partial charge in [-0.15, -0.1) is 0 Å². The Morgan fingerprint density at radius 1 is 1.00 bits per heavy atom. The molecule has 0 aliphatic carbocycles. The van der Waals surface area contributed by atoms with Crippen LogP contribution in [0.1, 0.15) is 36.1 Å². The van der Waals surface area contributed by atoms with Crippen LogP contribution in [0.3, 0.4) is 0 Å². The number of carbonyl (C=O) groups is 2. The third kappa shape index (κ3) is 4.40. The van der Waals surface area contributed by atoms with Crippen LogP contribution in [0.5, 0.6) is 0 Å². The molecule has 2 heterocycles. The minimum Gasteiger partial charge on any atom is -0.331 e. The van der Waals surface area contributed by atoms with Crippen LogP contribution < -0.4 is 4.90 Å². The van der Waals surface area contributed by atoms with Crippen molar-refractivity contribution in [2.75, 3.05) is 26.2 Å². The maximum atomic E-state index is 13.1. The lowest BCUT2D eigenvalue weighted by Crippen LogP contribution is -3.13. The summed E-state index contributed by atoms with van der Waals surface area (Å²) in [6, 6.07) is 18.3. The van der Waals surface area contributed by atoms with Gasteiger partial charge in [-0.25, -0.2) is 0 Å². The van der Waals surface area contributed by atoms with E-state index in [0.29, 0.717) is 6.42 Å². The molecule has 0 radical (unpaired) electrons. The van der Waals surface area contributed by atoms with Crippen LogP contribution in [-0.4, -0.2) is 47.8 Å². The first-order valence-electron chi connectivity index (χ1n) is 10.3. The van der Waals surface area contributed by atoms with E-state index in [-0.39, 0.29) is 17.9 Å². The van der Waals surface area contributed by atoms with Gasteiger partial charge in [0.15, 0.2) is 0 Å². The van der Waals surface area contributed by atoms with Gasteiger partial charge < -0.3 is 14.7 Å². The van der Waals surface area contributed by atoms with Gasteiger partial charge in [-0.3, -0.25) is 9.59 Å². The monoisotopic (exact) mass is 390 g/mol. The van der Waals surface area contributed by atoms with Gasteiger partial charge in [-0.1, -0.05) is 54.6 Å². The number of benzene rings is 2. The van der Waals surface area contributed by atoms with Crippen LogP contribution in [0.2, 0.25) is 0 Å². The fourth-order valence-corrected chi connectivity index (χ4v) is 4.34. The highest BCUT2D eigenvalue weighted by atomic mass is 16.2. The van der Waals surface area contributed by atoms with E-state index in [1.807, 2.05) is 47.5 Å². The smallest absolute Gasteiger partial charge is 0.225 e. The molecule has 1 atom stereocenters. The van der Waals surface area contributed by atoms with Crippen molar-refractivity contribution in [1.82, 2.24) is 9.80 Å². The molecule has 0 unspecified atom stereocenters. The Balaban J connectivity index is 1.39. The van der Waals surface area contributed by atoms with Gasteiger partial charge in [0.1, 0.15) is 6.54 Å². The van der Waals surface area contributed by atoms with E-state index >= 15 is 0 Å². The van der Waals surface area contributed by atoms with Gasteiger partial charge in [0.25, 0.3) is 0 Å². The summed E-state index contributed by atoms with van der Waals surface area (Å²) in [5.74, 6) is 0.0933. The van der Waals surface area contributed by atoms with Gasteiger partial charge >= 0.3 is 0 Å². The standard InChI is InChI=1S/C24H27N3O2/c1-19(28)27-12-11-21-9-5-6-10-22(21)23(27)17-24(29)26-15-13-25(14-16-26)18-20-7-3-2-4-8-20/h2-12,23H,13-18H2,1H3/p+1/t23-/m1/s1. The molecule has 29 heavy (non-hydrogen) atoms. The lowest BCUT2D eigenvalue weighted by Gasteiger charge is -2.36. The molecule has 2 aliphatic rings. The molecular formula is C24H28N3O2+. The number of nitrogens with one attached hydrogen (secondary N) is 1. The molecule has 0 bridgehead atoms. The Kier molecular flexibility index (Phi) is 5.76. The summed E-state index contributed by atoms with van der Waals surface area (Å²) in [5.41, 5.74) is 3.47. The highest BCUT2D eigenvalue weighted by molar-refractivity contribution is 5.82. The second kappa shape index (κ2) is 8.62. The van der Waals surface area contributed by atoms with E-state index in [9.17, 15) is 9.59 Å². The molecule has 2 aliphatic heterocycles. The van der Waals surface area contributed by atoms with Crippen molar-refractivity contribution >= 4 is 17.9 Å². The number of piperazine rings is 1. The largest absolute Gasteiger partial charge is 0.331 e. The molecule has 5 heteroatoms. The van der Waals surface area contributed by atoms with Gasteiger partial charge in [0, 0.05) is 18.7 Å². The molecule has 0 saturated carbocycles. The lowest BCUT2D eigenvalue weighted by atomic mass is 9.93. The average Bonchev–Trinajstić information content (AvgIpc) is 2.75. The zero-order valence-electron chi connectivity index (χ0n) is 16.9. The van der Waals surface area contributed by atoms with Crippen molar-refractivity contribution in [2.45, 2.75) is 25.9 Å². The van der Waals surface area contributed by atoms with Gasteiger partial charge in [-0.05, 0) is 17.2 Å². The van der Waals surface area contributed by atoms with E-state index in [1.54, 1.807) is 11.8 Å². The first-order valence-corrected chi connectivity index (χ1v) is 10.3. The van der Waals surface area contributed by atoms with E-state index in [2.05, 4.69) is 24.3 Å². The Labute approximate surface area is 172 Å². The van der Waals surface area contributed by atoms with Crippen molar-refractivity contribution in [2.24, 2.45) is 0 Å². The fourth-order valence-electron chi connectivity index (χ4n) is 4.34. The third-order valence-electron chi connectivity index (χ3n) is 5.96. The summed E-state index contributed by atoms with van der Waals surface area (Å²) in [4.78, 5) is 30.4. The number of rotatable bonds is 4. The van der Waals surface area contributed by atoms with E-state index in [4.69, 9.17) is 0 Å². The molecule has 2 aromatic rings. The average molecular weight is 391 g/mol. The Hall–Kier alpha value is -2.92. The quantitative estimate of drug-likeness (QED) is 0.866. The van der Waals surface area contributed by atoms with E-state index in [1.165, 1.54) is 10.5 Å². The number of hydrogen-bond acceptors (Lipinski definition) is 2. The van der Waals surface area contributed by atoms with E-state index < -0.39 is 0 Å². The van der Waals surface area contributed by atoms with Crippen LogP contribution in [0, 0.1) is 0 Å². The Morgan fingerprint density at radius 3 is 2.41 bits per heavy atom. The predicted octanol–water partition coefficient (Wildman–Crippen LogP) is 1.88. The zero-order valence-corrected chi connectivity index (χ0v) is 16.9. The number of nitrogens with zero attached hydrogens (tertiary/aromatic N) is 2. The maximum absolute atomic E-state index is 13.1. The van der Waals surface area contributed by atoms with Crippen molar-refractivity contribution in [3.05, 3.63) is 77.5 Å². The summed E-state index contributed by atoms with van der Waals surface area (Å²) in [6.07, 6.45) is 4.09.